The van der Waals surface area contributed by atoms with E-state index in [1.807, 2.05) is 18.2 Å². The molecule has 0 aliphatic heterocycles. The highest BCUT2D eigenvalue weighted by Gasteiger charge is 2.07. The number of nitrogens with two attached hydrogens (primary N) is 1. The summed E-state index contributed by atoms with van der Waals surface area (Å²) in [6.07, 6.45) is 0. The Balaban J connectivity index is 2.40. The molecule has 88 valence electrons. The Morgan fingerprint density at radius 2 is 1.76 bits per heavy atom. The van der Waals surface area contributed by atoms with Gasteiger partial charge in [-0.25, -0.2) is 0 Å². The van der Waals surface area contributed by atoms with Crippen LogP contribution in [-0.4, -0.2) is 7.05 Å². The topological polar surface area (TPSA) is 29.3 Å². The summed E-state index contributed by atoms with van der Waals surface area (Å²) in [6.45, 7) is 2.65. The minimum Gasteiger partial charge on any atom is -0.344 e. The van der Waals surface area contributed by atoms with Crippen molar-refractivity contribution in [3.05, 3.63) is 59.7 Å². The van der Waals surface area contributed by atoms with Crippen molar-refractivity contribution in [1.82, 2.24) is 0 Å². The van der Waals surface area contributed by atoms with E-state index in [4.69, 9.17) is 5.73 Å². The first kappa shape index (κ1) is 11.7. The average molecular weight is 226 g/mol. The molecule has 0 spiro atoms. The van der Waals surface area contributed by atoms with Gasteiger partial charge in [0.15, 0.2) is 0 Å². The van der Waals surface area contributed by atoms with Crippen LogP contribution in [0.5, 0.6) is 0 Å². The van der Waals surface area contributed by atoms with Crippen LogP contribution in [0.15, 0.2) is 48.5 Å². The van der Waals surface area contributed by atoms with E-state index in [1.54, 1.807) is 0 Å². The molecule has 0 radical (unpaired) electrons. The molecule has 2 rings (SSSR count). The van der Waals surface area contributed by atoms with Gasteiger partial charge >= 0.3 is 0 Å². The Morgan fingerprint density at radius 3 is 2.41 bits per heavy atom. The molecule has 0 heterocycles. The van der Waals surface area contributed by atoms with Gasteiger partial charge in [0.05, 0.1) is 0 Å². The van der Waals surface area contributed by atoms with E-state index >= 15 is 0 Å². The van der Waals surface area contributed by atoms with Gasteiger partial charge in [0.25, 0.3) is 0 Å². The fourth-order valence-corrected chi connectivity index (χ4v) is 2.00. The number of benzene rings is 2. The first-order chi connectivity index (χ1) is 8.22. The van der Waals surface area contributed by atoms with Crippen molar-refractivity contribution in [3.8, 4) is 0 Å². The molecular weight excluding hydrogens is 208 g/mol. The number of nitrogens with zero attached hydrogens (tertiary/aromatic N) is 1. The third-order valence-electron chi connectivity index (χ3n) is 2.96. The van der Waals surface area contributed by atoms with Crippen molar-refractivity contribution in [1.29, 1.82) is 0 Å². The molecule has 0 saturated heterocycles. The minimum atomic E-state index is 0.564. The Morgan fingerprint density at radius 1 is 1.06 bits per heavy atom. The van der Waals surface area contributed by atoms with E-state index in [2.05, 4.69) is 49.2 Å². The molecule has 0 aliphatic rings. The van der Waals surface area contributed by atoms with Crippen molar-refractivity contribution in [2.45, 2.75) is 13.5 Å². The number of rotatable bonds is 3. The minimum absolute atomic E-state index is 0.564. The highest BCUT2D eigenvalue weighted by atomic mass is 15.1. The van der Waals surface area contributed by atoms with Gasteiger partial charge in [-0.15, -0.1) is 0 Å². The second kappa shape index (κ2) is 5.02. The maximum absolute atomic E-state index is 5.81. The van der Waals surface area contributed by atoms with Crippen molar-refractivity contribution in [2.24, 2.45) is 5.73 Å². The lowest BCUT2D eigenvalue weighted by atomic mass is 10.1. The van der Waals surface area contributed by atoms with Crippen LogP contribution in [0.25, 0.3) is 0 Å². The number of anilines is 2. The summed E-state index contributed by atoms with van der Waals surface area (Å²) in [5, 5.41) is 0. The highest BCUT2D eigenvalue weighted by molar-refractivity contribution is 5.66. The van der Waals surface area contributed by atoms with E-state index in [-0.39, 0.29) is 0 Å². The molecule has 0 amide bonds. The van der Waals surface area contributed by atoms with Crippen molar-refractivity contribution in [2.75, 3.05) is 11.9 Å². The van der Waals surface area contributed by atoms with Gasteiger partial charge in [0.2, 0.25) is 0 Å². The van der Waals surface area contributed by atoms with Gasteiger partial charge in [-0.2, -0.15) is 0 Å². The van der Waals surface area contributed by atoms with Crippen LogP contribution in [0.3, 0.4) is 0 Å². The third-order valence-corrected chi connectivity index (χ3v) is 2.96. The Hall–Kier alpha value is -1.80. The van der Waals surface area contributed by atoms with E-state index in [9.17, 15) is 0 Å². The molecule has 0 fully saturated rings. The van der Waals surface area contributed by atoms with Crippen LogP contribution in [0.4, 0.5) is 11.4 Å². The van der Waals surface area contributed by atoms with Gasteiger partial charge in [0.1, 0.15) is 0 Å². The Kier molecular flexibility index (Phi) is 3.45. The summed E-state index contributed by atoms with van der Waals surface area (Å²) >= 11 is 0. The lowest BCUT2D eigenvalue weighted by Gasteiger charge is -2.22. The number of hydrogen-bond acceptors (Lipinski definition) is 2. The lowest BCUT2D eigenvalue weighted by molar-refractivity contribution is 1.04. The van der Waals surface area contributed by atoms with E-state index < -0.39 is 0 Å². The quantitative estimate of drug-likeness (QED) is 0.870. The summed E-state index contributed by atoms with van der Waals surface area (Å²) in [5.41, 5.74) is 10.6. The smallest absolute Gasteiger partial charge is 0.0453 e. The maximum Gasteiger partial charge on any atom is 0.0453 e. The van der Waals surface area contributed by atoms with Gasteiger partial charge in [-0.3, -0.25) is 0 Å². The fraction of sp³-hybridized carbons (Fsp3) is 0.200. The van der Waals surface area contributed by atoms with Crippen LogP contribution >= 0.6 is 0 Å². The Bertz CT molecular complexity index is 492. The van der Waals surface area contributed by atoms with Crippen molar-refractivity contribution < 1.29 is 0 Å². The predicted octanol–water partition coefficient (Wildman–Crippen LogP) is 3.22. The van der Waals surface area contributed by atoms with Crippen LogP contribution in [0.1, 0.15) is 11.1 Å². The standard InChI is InChI=1S/C15H18N2/c1-12-8-9-15(13(10-12)11-16)17(2)14-6-4-3-5-7-14/h3-10H,11,16H2,1-2H3. The second-order valence-corrected chi connectivity index (χ2v) is 4.23. The van der Waals surface area contributed by atoms with Crippen molar-refractivity contribution >= 4 is 11.4 Å². The van der Waals surface area contributed by atoms with Gasteiger partial charge in [0, 0.05) is 25.0 Å². The van der Waals surface area contributed by atoms with E-state index in [0.29, 0.717) is 6.54 Å². The molecule has 0 aliphatic carbocycles. The van der Waals surface area contributed by atoms with Gasteiger partial charge in [-0.05, 0) is 30.7 Å². The Labute approximate surface area is 103 Å². The number of hydrogen-bond donors (Lipinski definition) is 1. The van der Waals surface area contributed by atoms with Gasteiger partial charge in [-0.1, -0.05) is 35.9 Å². The van der Waals surface area contributed by atoms with Crippen LogP contribution in [0, 0.1) is 6.92 Å². The monoisotopic (exact) mass is 226 g/mol. The number of aryl methyl sites for hydroxylation is 1. The molecule has 0 unspecified atom stereocenters. The van der Waals surface area contributed by atoms with Gasteiger partial charge < -0.3 is 10.6 Å². The fourth-order valence-electron chi connectivity index (χ4n) is 2.00. The molecule has 0 aromatic heterocycles. The van der Waals surface area contributed by atoms with E-state index in [1.165, 1.54) is 22.5 Å². The molecule has 2 heteroatoms. The summed E-state index contributed by atoms with van der Waals surface area (Å²) in [6, 6.07) is 16.7. The summed E-state index contributed by atoms with van der Waals surface area (Å²) in [7, 11) is 2.07. The zero-order chi connectivity index (χ0) is 12.3. The molecule has 0 bridgehead atoms. The predicted molar refractivity (Wildman–Crippen MR) is 73.6 cm³/mol. The lowest BCUT2D eigenvalue weighted by Crippen LogP contribution is -2.13. The molecule has 2 N–H and O–H groups in total. The summed E-state index contributed by atoms with van der Waals surface area (Å²) in [5.74, 6) is 0. The summed E-state index contributed by atoms with van der Waals surface area (Å²) < 4.78 is 0. The molecule has 2 nitrogen and oxygen atoms in total. The van der Waals surface area contributed by atoms with Crippen LogP contribution < -0.4 is 10.6 Å². The summed E-state index contributed by atoms with van der Waals surface area (Å²) in [4.78, 5) is 2.17. The zero-order valence-corrected chi connectivity index (χ0v) is 10.4. The second-order valence-electron chi connectivity index (χ2n) is 4.23. The molecule has 2 aromatic carbocycles. The molecule has 0 saturated carbocycles. The zero-order valence-electron chi connectivity index (χ0n) is 10.4. The molecular formula is C15H18N2. The maximum atomic E-state index is 5.81. The van der Waals surface area contributed by atoms with E-state index in [0.717, 1.165) is 0 Å². The SMILES string of the molecule is Cc1ccc(N(C)c2ccccc2)c(CN)c1. The highest BCUT2D eigenvalue weighted by Crippen LogP contribution is 2.27. The largest absolute Gasteiger partial charge is 0.344 e. The molecule has 0 atom stereocenters. The van der Waals surface area contributed by atoms with Crippen LogP contribution in [0.2, 0.25) is 0 Å². The normalized spacial score (nSPS) is 10.3. The molecule has 17 heavy (non-hydrogen) atoms. The first-order valence-corrected chi connectivity index (χ1v) is 5.80. The first-order valence-electron chi connectivity index (χ1n) is 5.80. The van der Waals surface area contributed by atoms with Crippen molar-refractivity contribution in [3.63, 3.8) is 0 Å². The number of para-hydroxylation sites is 1. The third kappa shape index (κ3) is 2.48. The molecule has 2 aromatic rings. The average Bonchev–Trinajstić information content (AvgIpc) is 2.39. The van der Waals surface area contributed by atoms with Crippen LogP contribution in [-0.2, 0) is 6.54 Å².